The molecule has 0 radical (unpaired) electrons. The van der Waals surface area contributed by atoms with Crippen molar-refractivity contribution in [3.8, 4) is 6.07 Å². The molecule has 6 rings (SSSR count). The maximum atomic E-state index is 13.5. The van der Waals surface area contributed by atoms with Crippen molar-refractivity contribution >= 4 is 11.9 Å². The third-order valence-corrected chi connectivity index (χ3v) is 8.87. The number of amides is 1. The molecule has 4 bridgehead atoms. The molecule has 1 heterocycles. The molecule has 5 aliphatic carbocycles. The summed E-state index contributed by atoms with van der Waals surface area (Å²) in [7, 11) is 3.51. The second kappa shape index (κ2) is 7.16. The first-order valence-corrected chi connectivity index (χ1v) is 11.7. The summed E-state index contributed by atoms with van der Waals surface area (Å²) in [4.78, 5) is 29.9. The summed E-state index contributed by atoms with van der Waals surface area (Å²) in [6.07, 6.45) is 6.90. The van der Waals surface area contributed by atoms with Gasteiger partial charge in [0, 0.05) is 6.04 Å². The first kappa shape index (κ1) is 21.2. The van der Waals surface area contributed by atoms with E-state index in [0.717, 1.165) is 44.9 Å². The molecule has 0 aromatic carbocycles. The van der Waals surface area contributed by atoms with Crippen LogP contribution in [0, 0.1) is 34.5 Å². The fourth-order valence-corrected chi connectivity index (χ4v) is 7.77. The molecule has 3 N–H and O–H groups in total. The highest BCUT2D eigenvalue weighted by molar-refractivity contribution is 5.84. The van der Waals surface area contributed by atoms with E-state index in [2.05, 4.69) is 6.07 Å². The average Bonchev–Trinajstić information content (AvgIpc) is 3.35. The van der Waals surface area contributed by atoms with Gasteiger partial charge in [0.2, 0.25) is 5.91 Å². The van der Waals surface area contributed by atoms with Gasteiger partial charge in [0.05, 0.1) is 18.7 Å². The monoisotopic (exact) mass is 430 g/mol. The van der Waals surface area contributed by atoms with Crippen LogP contribution in [-0.2, 0) is 14.3 Å². The number of carbonyl (C=O) groups excluding carboxylic acids is 2. The van der Waals surface area contributed by atoms with Crippen molar-refractivity contribution in [3.05, 3.63) is 0 Å². The van der Waals surface area contributed by atoms with Crippen molar-refractivity contribution in [2.75, 3.05) is 20.7 Å². The van der Waals surface area contributed by atoms with Gasteiger partial charge in [-0.25, -0.2) is 0 Å². The molecule has 170 valence electrons. The number of likely N-dealkylation sites (tertiary alicyclic amines) is 1. The SMILES string of the molecule is CN(C)C(CO)C(=O)OC12CC3C[C@H](C1)CC([C@H](N)C(=O)N1C4CC4C[C@H]1C#N)(C3)C2. The van der Waals surface area contributed by atoms with Crippen LogP contribution in [0.25, 0.3) is 0 Å². The topological polar surface area (TPSA) is 120 Å². The summed E-state index contributed by atoms with van der Waals surface area (Å²) in [5.41, 5.74) is 5.76. The van der Waals surface area contributed by atoms with Gasteiger partial charge in [-0.15, -0.1) is 0 Å². The summed E-state index contributed by atoms with van der Waals surface area (Å²) in [6, 6.07) is 0.789. The molecule has 8 heteroatoms. The van der Waals surface area contributed by atoms with E-state index in [4.69, 9.17) is 10.5 Å². The average molecular weight is 431 g/mol. The quantitative estimate of drug-likeness (QED) is 0.593. The number of rotatable bonds is 6. The van der Waals surface area contributed by atoms with E-state index in [1.165, 1.54) is 0 Å². The summed E-state index contributed by atoms with van der Waals surface area (Å²) >= 11 is 0. The minimum Gasteiger partial charge on any atom is -0.458 e. The largest absolute Gasteiger partial charge is 0.458 e. The van der Waals surface area contributed by atoms with Crippen LogP contribution >= 0.6 is 0 Å². The molecule has 1 saturated heterocycles. The van der Waals surface area contributed by atoms with Crippen molar-refractivity contribution in [1.82, 2.24) is 9.80 Å². The van der Waals surface area contributed by atoms with E-state index >= 15 is 0 Å². The summed E-state index contributed by atoms with van der Waals surface area (Å²) < 4.78 is 6.14. The predicted molar refractivity (Wildman–Crippen MR) is 111 cm³/mol. The molecule has 0 aromatic heterocycles. The lowest BCUT2D eigenvalue weighted by atomic mass is 9.46. The lowest BCUT2D eigenvalue weighted by Crippen LogP contribution is -2.66. The van der Waals surface area contributed by atoms with E-state index < -0.39 is 23.7 Å². The Morgan fingerprint density at radius 1 is 1.23 bits per heavy atom. The van der Waals surface area contributed by atoms with Gasteiger partial charge in [0.25, 0.3) is 0 Å². The van der Waals surface area contributed by atoms with Crippen molar-refractivity contribution in [2.24, 2.45) is 28.9 Å². The first-order valence-electron chi connectivity index (χ1n) is 11.7. The highest BCUT2D eigenvalue weighted by Crippen LogP contribution is 2.64. The number of ether oxygens (including phenoxy) is 1. The number of nitrogens with zero attached hydrogens (tertiary/aromatic N) is 3. The molecule has 0 spiro atoms. The normalized spacial score (nSPS) is 44.0. The Labute approximate surface area is 183 Å². The molecule has 1 amide bonds. The van der Waals surface area contributed by atoms with Crippen molar-refractivity contribution in [1.29, 1.82) is 5.26 Å². The van der Waals surface area contributed by atoms with E-state index in [9.17, 15) is 20.0 Å². The van der Waals surface area contributed by atoms with Gasteiger partial charge in [-0.2, -0.15) is 5.26 Å². The lowest BCUT2D eigenvalue weighted by molar-refractivity contribution is -0.210. The Hall–Kier alpha value is -1.69. The van der Waals surface area contributed by atoms with Gasteiger partial charge in [0.1, 0.15) is 17.7 Å². The van der Waals surface area contributed by atoms with E-state index in [0.29, 0.717) is 24.2 Å². The molecule has 6 unspecified atom stereocenters. The number of nitriles is 1. The zero-order valence-electron chi connectivity index (χ0n) is 18.5. The molecule has 1 aliphatic heterocycles. The van der Waals surface area contributed by atoms with Crippen LogP contribution in [0.3, 0.4) is 0 Å². The molecule has 6 aliphatic rings. The summed E-state index contributed by atoms with van der Waals surface area (Å²) in [5, 5.41) is 19.2. The zero-order chi connectivity index (χ0) is 22.1. The molecule has 31 heavy (non-hydrogen) atoms. The molecule has 0 aromatic rings. The number of carbonyl (C=O) groups is 2. The Kier molecular flexibility index (Phi) is 4.89. The minimum atomic E-state index is -0.688. The van der Waals surface area contributed by atoms with Crippen LogP contribution in [0.2, 0.25) is 0 Å². The van der Waals surface area contributed by atoms with Crippen LogP contribution in [0.15, 0.2) is 0 Å². The Bertz CT molecular complexity index is 809. The molecule has 5 saturated carbocycles. The Morgan fingerprint density at radius 3 is 2.48 bits per heavy atom. The fraction of sp³-hybridized carbons (Fsp3) is 0.870. The van der Waals surface area contributed by atoms with Gasteiger partial charge in [-0.05, 0) is 88.6 Å². The molecular formula is C23H34N4O4. The van der Waals surface area contributed by atoms with Crippen LogP contribution in [0.5, 0.6) is 0 Å². The molecule has 9 atom stereocenters. The van der Waals surface area contributed by atoms with Gasteiger partial charge in [0.15, 0.2) is 0 Å². The van der Waals surface area contributed by atoms with Gasteiger partial charge in [-0.1, -0.05) is 0 Å². The van der Waals surface area contributed by atoms with Crippen LogP contribution in [0.1, 0.15) is 51.4 Å². The van der Waals surface area contributed by atoms with E-state index in [-0.39, 0.29) is 30.0 Å². The second-order valence-corrected chi connectivity index (χ2v) is 11.3. The third-order valence-electron chi connectivity index (χ3n) is 8.87. The van der Waals surface area contributed by atoms with Gasteiger partial charge >= 0.3 is 5.97 Å². The number of piperidine rings is 1. The van der Waals surface area contributed by atoms with Crippen LogP contribution in [0.4, 0.5) is 0 Å². The smallest absolute Gasteiger partial charge is 0.326 e. The Morgan fingerprint density at radius 2 is 1.90 bits per heavy atom. The number of hydrogen-bond donors (Lipinski definition) is 2. The van der Waals surface area contributed by atoms with Crippen LogP contribution < -0.4 is 5.73 Å². The van der Waals surface area contributed by atoms with Crippen LogP contribution in [-0.4, -0.2) is 77.3 Å². The van der Waals surface area contributed by atoms with Gasteiger partial charge < -0.3 is 20.5 Å². The van der Waals surface area contributed by atoms with E-state index in [1.807, 2.05) is 0 Å². The number of aliphatic hydroxyl groups excluding tert-OH is 1. The zero-order valence-corrected chi connectivity index (χ0v) is 18.5. The standard InChI is InChI=1S/C23H34N4O4/c1-26(2)18(11-28)21(30)31-23-8-13-3-14(9-23)7-22(6-13,12-23)19(25)20(29)27-16(10-24)4-15-5-17(15)27/h13-19,28H,3-9,11-12,25H2,1-2H3/t13-,14?,15?,16-,17?,18?,19+,22?,23?/m0/s1. The molecular weight excluding hydrogens is 396 g/mol. The van der Waals surface area contributed by atoms with E-state index in [1.54, 1.807) is 23.9 Å². The maximum absolute atomic E-state index is 13.5. The third kappa shape index (κ3) is 3.28. The highest BCUT2D eigenvalue weighted by atomic mass is 16.6. The first-order chi connectivity index (χ1) is 14.7. The Balaban J connectivity index is 1.38. The lowest BCUT2D eigenvalue weighted by Gasteiger charge is -2.62. The molecule has 6 fully saturated rings. The summed E-state index contributed by atoms with van der Waals surface area (Å²) in [6.45, 7) is -0.287. The number of likely N-dealkylation sites (N-methyl/N-ethyl adjacent to an activating group) is 1. The molecule has 8 nitrogen and oxygen atoms in total. The summed E-state index contributed by atoms with van der Waals surface area (Å²) in [5.74, 6) is 0.791. The minimum absolute atomic E-state index is 0.0819. The number of fused-ring (bicyclic) bond motifs is 1. The van der Waals surface area contributed by atoms with Gasteiger partial charge in [-0.3, -0.25) is 14.5 Å². The maximum Gasteiger partial charge on any atom is 0.326 e. The second-order valence-electron chi connectivity index (χ2n) is 11.3. The van der Waals surface area contributed by atoms with Crippen molar-refractivity contribution in [2.45, 2.75) is 81.1 Å². The number of hydrogen-bond acceptors (Lipinski definition) is 7. The number of esters is 1. The van der Waals surface area contributed by atoms with Crippen molar-refractivity contribution in [3.63, 3.8) is 0 Å². The highest BCUT2D eigenvalue weighted by Gasteiger charge is 2.64. The fourth-order valence-electron chi connectivity index (χ4n) is 7.77. The predicted octanol–water partition coefficient (Wildman–Crippen LogP) is 0.631. The number of nitrogens with two attached hydrogens (primary N) is 1. The number of aliphatic hydroxyl groups is 1. The van der Waals surface area contributed by atoms with Crippen molar-refractivity contribution < 1.29 is 19.4 Å².